The highest BCUT2D eigenvalue weighted by Gasteiger charge is 2.29. The van der Waals surface area contributed by atoms with E-state index in [0.717, 1.165) is 25.7 Å². The zero-order valence-electron chi connectivity index (χ0n) is 11.5. The molecule has 0 spiro atoms. The first-order chi connectivity index (χ1) is 9.13. The van der Waals surface area contributed by atoms with Gasteiger partial charge >= 0.3 is 5.97 Å². The van der Waals surface area contributed by atoms with Gasteiger partial charge in [0.05, 0.1) is 26.2 Å². The normalized spacial score (nSPS) is 30.0. The van der Waals surface area contributed by atoms with Crippen LogP contribution < -0.4 is 0 Å². The summed E-state index contributed by atoms with van der Waals surface area (Å²) in [6.45, 7) is 1.17. The van der Waals surface area contributed by atoms with Crippen LogP contribution in [0.2, 0.25) is 0 Å². The second-order valence-corrected chi connectivity index (χ2v) is 5.49. The molecule has 106 valence electrons. The summed E-state index contributed by atoms with van der Waals surface area (Å²) in [4.78, 5) is 11.4. The van der Waals surface area contributed by atoms with Crippen molar-refractivity contribution in [2.75, 3.05) is 20.3 Å². The second kappa shape index (κ2) is 6.40. The molecule has 1 N–H and O–H groups in total. The first-order valence-corrected chi connectivity index (χ1v) is 7.03. The van der Waals surface area contributed by atoms with E-state index in [4.69, 9.17) is 9.47 Å². The highest BCUT2D eigenvalue weighted by Crippen LogP contribution is 2.29. The van der Waals surface area contributed by atoms with Crippen LogP contribution in [-0.4, -0.2) is 37.0 Å². The standard InChI is InChI=1S/C15H22O4/c1-18-14(16)13-4-2-12(3-5-13)6-7-15(17)8-10-19-11-9-15/h12-13,17H,2-5,8-11H2,1H3/t12-,13-. The quantitative estimate of drug-likeness (QED) is 0.577. The molecule has 0 atom stereocenters. The van der Waals surface area contributed by atoms with E-state index in [-0.39, 0.29) is 11.9 Å². The Morgan fingerprint density at radius 3 is 2.47 bits per heavy atom. The number of carbonyl (C=O) groups excluding carboxylic acids is 1. The predicted molar refractivity (Wildman–Crippen MR) is 70.2 cm³/mol. The van der Waals surface area contributed by atoms with Gasteiger partial charge < -0.3 is 14.6 Å². The number of methoxy groups -OCH3 is 1. The lowest BCUT2D eigenvalue weighted by Gasteiger charge is -2.28. The Bertz CT molecular complexity index is 365. The van der Waals surface area contributed by atoms with Crippen LogP contribution in [0, 0.1) is 23.7 Å². The van der Waals surface area contributed by atoms with E-state index < -0.39 is 5.60 Å². The number of hydrogen-bond acceptors (Lipinski definition) is 4. The lowest BCUT2D eigenvalue weighted by atomic mass is 9.82. The van der Waals surface area contributed by atoms with Crippen LogP contribution in [0.15, 0.2) is 0 Å². The summed E-state index contributed by atoms with van der Waals surface area (Å²) in [5.74, 6) is 6.47. The molecular weight excluding hydrogens is 244 g/mol. The molecule has 19 heavy (non-hydrogen) atoms. The molecule has 2 aliphatic rings. The van der Waals surface area contributed by atoms with Gasteiger partial charge in [-0.15, -0.1) is 0 Å². The van der Waals surface area contributed by atoms with Crippen molar-refractivity contribution in [2.24, 2.45) is 11.8 Å². The van der Waals surface area contributed by atoms with Crippen molar-refractivity contribution >= 4 is 5.97 Å². The highest BCUT2D eigenvalue weighted by molar-refractivity contribution is 5.72. The molecular formula is C15H22O4. The molecule has 2 fully saturated rings. The zero-order valence-corrected chi connectivity index (χ0v) is 11.5. The first-order valence-electron chi connectivity index (χ1n) is 7.03. The van der Waals surface area contributed by atoms with Crippen LogP contribution in [-0.2, 0) is 14.3 Å². The minimum Gasteiger partial charge on any atom is -0.469 e. The molecule has 2 rings (SSSR count). The molecule has 1 saturated carbocycles. The molecule has 0 aromatic carbocycles. The van der Waals surface area contributed by atoms with Gasteiger partial charge in [0.15, 0.2) is 0 Å². The van der Waals surface area contributed by atoms with Crippen LogP contribution in [0.1, 0.15) is 38.5 Å². The van der Waals surface area contributed by atoms with Crippen LogP contribution in [0.4, 0.5) is 0 Å². The Kier molecular flexibility index (Phi) is 4.84. The number of rotatable bonds is 1. The van der Waals surface area contributed by atoms with Crippen molar-refractivity contribution in [2.45, 2.75) is 44.1 Å². The van der Waals surface area contributed by atoms with Gasteiger partial charge in [0.1, 0.15) is 5.60 Å². The predicted octanol–water partition coefficient (Wildman–Crippen LogP) is 1.51. The molecule has 0 aromatic rings. The van der Waals surface area contributed by atoms with Gasteiger partial charge in [-0.1, -0.05) is 11.8 Å². The number of aliphatic hydroxyl groups is 1. The van der Waals surface area contributed by atoms with Crippen LogP contribution in [0.5, 0.6) is 0 Å². The number of ether oxygens (including phenoxy) is 2. The average molecular weight is 266 g/mol. The molecule has 4 heteroatoms. The molecule has 0 radical (unpaired) electrons. The van der Waals surface area contributed by atoms with Crippen molar-refractivity contribution in [3.05, 3.63) is 0 Å². The molecule has 0 amide bonds. The fraction of sp³-hybridized carbons (Fsp3) is 0.800. The first kappa shape index (κ1) is 14.4. The third-order valence-corrected chi connectivity index (χ3v) is 4.09. The Hall–Kier alpha value is -1.05. The average Bonchev–Trinajstić information content (AvgIpc) is 2.46. The summed E-state index contributed by atoms with van der Waals surface area (Å²) in [6.07, 6.45) is 4.70. The number of esters is 1. The maximum Gasteiger partial charge on any atom is 0.308 e. The van der Waals surface area contributed by atoms with Gasteiger partial charge in [0.2, 0.25) is 0 Å². The largest absolute Gasteiger partial charge is 0.469 e. The van der Waals surface area contributed by atoms with Crippen LogP contribution in [0.25, 0.3) is 0 Å². The minimum absolute atomic E-state index is 0.0363. The Labute approximate surface area is 114 Å². The molecule has 0 bridgehead atoms. The summed E-state index contributed by atoms with van der Waals surface area (Å²) in [7, 11) is 1.44. The molecule has 0 unspecified atom stereocenters. The fourth-order valence-corrected chi connectivity index (χ4v) is 2.71. The van der Waals surface area contributed by atoms with Crippen molar-refractivity contribution in [1.29, 1.82) is 0 Å². The lowest BCUT2D eigenvalue weighted by molar-refractivity contribution is -0.146. The summed E-state index contributed by atoms with van der Waals surface area (Å²) in [5, 5.41) is 10.3. The maximum atomic E-state index is 11.4. The van der Waals surface area contributed by atoms with E-state index in [2.05, 4.69) is 11.8 Å². The van der Waals surface area contributed by atoms with Crippen molar-refractivity contribution < 1.29 is 19.4 Å². The minimum atomic E-state index is -0.864. The van der Waals surface area contributed by atoms with Gasteiger partial charge in [-0.05, 0) is 25.7 Å². The maximum absolute atomic E-state index is 11.4. The monoisotopic (exact) mass is 266 g/mol. The van der Waals surface area contributed by atoms with Gasteiger partial charge in [-0.2, -0.15) is 0 Å². The molecule has 1 aliphatic heterocycles. The summed E-state index contributed by atoms with van der Waals surface area (Å²) in [6, 6.07) is 0. The molecule has 1 aliphatic carbocycles. The van der Waals surface area contributed by atoms with Gasteiger partial charge in [0, 0.05) is 18.8 Å². The number of carbonyl (C=O) groups is 1. The summed E-state index contributed by atoms with van der Waals surface area (Å²) < 4.78 is 10.00. The Morgan fingerprint density at radius 1 is 1.26 bits per heavy atom. The lowest BCUT2D eigenvalue weighted by Crippen LogP contribution is -2.34. The Balaban J connectivity index is 1.84. The third-order valence-electron chi connectivity index (χ3n) is 4.09. The zero-order chi connectivity index (χ0) is 13.7. The van der Waals surface area contributed by atoms with Gasteiger partial charge in [-0.3, -0.25) is 4.79 Å². The van der Waals surface area contributed by atoms with E-state index in [0.29, 0.717) is 32.0 Å². The fourth-order valence-electron chi connectivity index (χ4n) is 2.71. The van der Waals surface area contributed by atoms with Gasteiger partial charge in [0.25, 0.3) is 0 Å². The molecule has 1 heterocycles. The second-order valence-electron chi connectivity index (χ2n) is 5.49. The van der Waals surface area contributed by atoms with E-state index >= 15 is 0 Å². The van der Waals surface area contributed by atoms with E-state index in [1.807, 2.05) is 0 Å². The topological polar surface area (TPSA) is 55.8 Å². The van der Waals surface area contributed by atoms with E-state index in [1.54, 1.807) is 0 Å². The highest BCUT2D eigenvalue weighted by atomic mass is 16.5. The SMILES string of the molecule is COC(=O)[C@H]1CC[C@H](C#CC2(O)CCOCC2)CC1. The van der Waals surface area contributed by atoms with Gasteiger partial charge in [-0.25, -0.2) is 0 Å². The third kappa shape index (κ3) is 3.95. The van der Waals surface area contributed by atoms with E-state index in [1.165, 1.54) is 7.11 Å². The van der Waals surface area contributed by atoms with Crippen molar-refractivity contribution in [1.82, 2.24) is 0 Å². The smallest absolute Gasteiger partial charge is 0.308 e. The molecule has 0 aromatic heterocycles. The number of hydrogen-bond donors (Lipinski definition) is 1. The van der Waals surface area contributed by atoms with E-state index in [9.17, 15) is 9.90 Å². The summed E-state index contributed by atoms with van der Waals surface area (Å²) in [5.41, 5.74) is -0.864. The summed E-state index contributed by atoms with van der Waals surface area (Å²) >= 11 is 0. The van der Waals surface area contributed by atoms with Crippen molar-refractivity contribution in [3.63, 3.8) is 0 Å². The van der Waals surface area contributed by atoms with Crippen LogP contribution >= 0.6 is 0 Å². The van der Waals surface area contributed by atoms with Crippen molar-refractivity contribution in [3.8, 4) is 11.8 Å². The molecule has 4 nitrogen and oxygen atoms in total. The molecule has 1 saturated heterocycles. The Morgan fingerprint density at radius 2 is 1.89 bits per heavy atom. The van der Waals surface area contributed by atoms with Crippen LogP contribution in [0.3, 0.4) is 0 Å².